The van der Waals surface area contributed by atoms with Crippen LogP contribution in [0.3, 0.4) is 0 Å². The van der Waals surface area contributed by atoms with Gasteiger partial charge in [0.2, 0.25) is 5.91 Å². The number of carbonyl (C=O) groups excluding carboxylic acids is 2. The summed E-state index contributed by atoms with van der Waals surface area (Å²) < 4.78 is 5.77. The van der Waals surface area contributed by atoms with Crippen LogP contribution in [0.4, 0.5) is 0 Å². The number of rotatable bonds is 8. The van der Waals surface area contributed by atoms with Crippen molar-refractivity contribution < 1.29 is 14.3 Å². The predicted molar refractivity (Wildman–Crippen MR) is 111 cm³/mol. The summed E-state index contributed by atoms with van der Waals surface area (Å²) in [6, 6.07) is 13.1. The molecule has 5 nitrogen and oxygen atoms in total. The first-order valence-corrected chi connectivity index (χ1v) is 9.65. The Balaban J connectivity index is 2.18. The number of likely N-dealkylation sites (N-methyl/N-ethyl adjacent to an activating group) is 1. The molecule has 0 saturated carbocycles. The number of benzene rings is 2. The van der Waals surface area contributed by atoms with Gasteiger partial charge >= 0.3 is 0 Å². The summed E-state index contributed by atoms with van der Waals surface area (Å²) in [7, 11) is 0. The van der Waals surface area contributed by atoms with Gasteiger partial charge in [-0.15, -0.1) is 0 Å². The zero-order valence-corrected chi connectivity index (χ0v) is 17.4. The topological polar surface area (TPSA) is 58.6 Å². The lowest BCUT2D eigenvalue weighted by Crippen LogP contribution is -2.49. The fraction of sp³-hybridized carbons (Fsp3) is 0.391. The number of hydrogen-bond donors (Lipinski definition) is 1. The van der Waals surface area contributed by atoms with Gasteiger partial charge in [0.05, 0.1) is 0 Å². The van der Waals surface area contributed by atoms with Crippen LogP contribution >= 0.6 is 0 Å². The van der Waals surface area contributed by atoms with Gasteiger partial charge in [-0.1, -0.05) is 42.0 Å². The van der Waals surface area contributed by atoms with E-state index in [0.29, 0.717) is 18.8 Å². The smallest absolute Gasteiger partial charge is 0.261 e. The van der Waals surface area contributed by atoms with Crippen molar-refractivity contribution in [3.63, 3.8) is 0 Å². The molecule has 28 heavy (non-hydrogen) atoms. The SMILES string of the molecule is CCNC(=O)C(C)N(Cc1ccccc1C)C(=O)COc1ccc(C)cc1C. The largest absolute Gasteiger partial charge is 0.483 e. The zero-order chi connectivity index (χ0) is 20.7. The summed E-state index contributed by atoms with van der Waals surface area (Å²) in [4.78, 5) is 26.9. The van der Waals surface area contributed by atoms with Crippen LogP contribution in [0, 0.1) is 20.8 Å². The minimum atomic E-state index is -0.588. The Labute approximate surface area is 167 Å². The van der Waals surface area contributed by atoms with Crippen LogP contribution < -0.4 is 10.1 Å². The average Bonchev–Trinajstić information content (AvgIpc) is 2.66. The third kappa shape index (κ3) is 5.59. The van der Waals surface area contributed by atoms with Crippen molar-refractivity contribution >= 4 is 11.8 Å². The molecule has 0 saturated heterocycles. The second-order valence-corrected chi connectivity index (χ2v) is 7.08. The summed E-state index contributed by atoms with van der Waals surface area (Å²) in [6.07, 6.45) is 0. The van der Waals surface area contributed by atoms with Gasteiger partial charge in [0.15, 0.2) is 6.61 Å². The molecule has 0 aliphatic heterocycles. The van der Waals surface area contributed by atoms with E-state index in [9.17, 15) is 9.59 Å². The van der Waals surface area contributed by atoms with E-state index >= 15 is 0 Å². The van der Waals surface area contributed by atoms with Crippen molar-refractivity contribution in [3.05, 3.63) is 64.7 Å². The van der Waals surface area contributed by atoms with E-state index < -0.39 is 6.04 Å². The Morgan fingerprint density at radius 1 is 1.07 bits per heavy atom. The standard InChI is InChI=1S/C23H30N2O3/c1-6-24-23(27)19(5)25(14-20-10-8-7-9-17(20)3)22(26)15-28-21-12-11-16(2)13-18(21)4/h7-13,19H,6,14-15H2,1-5H3,(H,24,27). The van der Waals surface area contributed by atoms with Gasteiger partial charge in [0, 0.05) is 13.1 Å². The Morgan fingerprint density at radius 2 is 1.79 bits per heavy atom. The first kappa shape index (κ1) is 21.5. The van der Waals surface area contributed by atoms with Crippen molar-refractivity contribution in [2.75, 3.05) is 13.2 Å². The molecule has 0 bridgehead atoms. The van der Waals surface area contributed by atoms with Crippen LogP contribution in [0.5, 0.6) is 5.75 Å². The normalized spacial score (nSPS) is 11.6. The molecule has 5 heteroatoms. The lowest BCUT2D eigenvalue weighted by atomic mass is 10.1. The second-order valence-electron chi connectivity index (χ2n) is 7.08. The second kappa shape index (κ2) is 9.93. The first-order chi connectivity index (χ1) is 13.3. The molecule has 0 spiro atoms. The van der Waals surface area contributed by atoms with Crippen molar-refractivity contribution in [1.82, 2.24) is 10.2 Å². The number of nitrogens with zero attached hydrogens (tertiary/aromatic N) is 1. The van der Waals surface area contributed by atoms with Crippen LogP contribution in [-0.2, 0) is 16.1 Å². The number of hydrogen-bond acceptors (Lipinski definition) is 3. The van der Waals surface area contributed by atoms with Crippen LogP contribution in [-0.4, -0.2) is 35.9 Å². The lowest BCUT2D eigenvalue weighted by Gasteiger charge is -2.29. The number of nitrogens with one attached hydrogen (secondary N) is 1. The molecule has 0 radical (unpaired) electrons. The van der Waals surface area contributed by atoms with Gasteiger partial charge < -0.3 is 15.0 Å². The van der Waals surface area contributed by atoms with Crippen LogP contribution in [0.2, 0.25) is 0 Å². The van der Waals surface area contributed by atoms with E-state index in [1.807, 2.05) is 70.2 Å². The van der Waals surface area contributed by atoms with Gasteiger partial charge in [-0.3, -0.25) is 9.59 Å². The molecule has 0 aliphatic carbocycles. The van der Waals surface area contributed by atoms with E-state index in [0.717, 1.165) is 22.3 Å². The van der Waals surface area contributed by atoms with Crippen molar-refractivity contribution in [3.8, 4) is 5.75 Å². The van der Waals surface area contributed by atoms with Crippen LogP contribution in [0.1, 0.15) is 36.1 Å². The fourth-order valence-electron chi connectivity index (χ4n) is 3.06. The average molecular weight is 383 g/mol. The molecule has 1 unspecified atom stereocenters. The van der Waals surface area contributed by atoms with Gasteiger partial charge in [0.1, 0.15) is 11.8 Å². The molecule has 0 fully saturated rings. The molecule has 2 aromatic carbocycles. The third-order valence-electron chi connectivity index (χ3n) is 4.80. The highest BCUT2D eigenvalue weighted by molar-refractivity contribution is 5.88. The summed E-state index contributed by atoms with van der Waals surface area (Å²) in [5, 5.41) is 2.80. The highest BCUT2D eigenvalue weighted by Crippen LogP contribution is 2.19. The number of ether oxygens (including phenoxy) is 1. The van der Waals surface area contributed by atoms with Crippen LogP contribution in [0.25, 0.3) is 0 Å². The van der Waals surface area contributed by atoms with E-state index in [4.69, 9.17) is 4.74 Å². The Morgan fingerprint density at radius 3 is 2.43 bits per heavy atom. The fourth-order valence-corrected chi connectivity index (χ4v) is 3.06. The van der Waals surface area contributed by atoms with E-state index in [1.165, 1.54) is 0 Å². The zero-order valence-electron chi connectivity index (χ0n) is 17.4. The highest BCUT2D eigenvalue weighted by atomic mass is 16.5. The van der Waals surface area contributed by atoms with Gasteiger partial charge in [-0.05, 0) is 57.4 Å². The van der Waals surface area contributed by atoms with Gasteiger partial charge in [-0.25, -0.2) is 0 Å². The van der Waals surface area contributed by atoms with Gasteiger partial charge in [0.25, 0.3) is 5.91 Å². The highest BCUT2D eigenvalue weighted by Gasteiger charge is 2.26. The maximum absolute atomic E-state index is 13.0. The quantitative estimate of drug-likeness (QED) is 0.760. The molecular weight excluding hydrogens is 352 g/mol. The predicted octanol–water partition coefficient (Wildman–Crippen LogP) is 3.54. The Bertz CT molecular complexity index is 832. The van der Waals surface area contributed by atoms with Crippen LogP contribution in [0.15, 0.2) is 42.5 Å². The minimum Gasteiger partial charge on any atom is -0.483 e. The molecule has 0 aliphatic rings. The van der Waals surface area contributed by atoms with Crippen molar-refractivity contribution in [1.29, 1.82) is 0 Å². The third-order valence-corrected chi connectivity index (χ3v) is 4.80. The lowest BCUT2D eigenvalue weighted by molar-refractivity contribution is -0.142. The summed E-state index contributed by atoms with van der Waals surface area (Å²) in [6.45, 7) is 10.4. The molecule has 1 atom stereocenters. The maximum Gasteiger partial charge on any atom is 0.261 e. The molecule has 2 rings (SSSR count). The van der Waals surface area contributed by atoms with Crippen molar-refractivity contribution in [2.24, 2.45) is 0 Å². The molecule has 2 aromatic rings. The Kier molecular flexibility index (Phi) is 7.61. The maximum atomic E-state index is 13.0. The summed E-state index contributed by atoms with van der Waals surface area (Å²) in [5.41, 5.74) is 4.22. The summed E-state index contributed by atoms with van der Waals surface area (Å²) in [5.74, 6) is 0.290. The molecule has 2 amide bonds. The van der Waals surface area contributed by atoms with Crippen molar-refractivity contribution in [2.45, 2.75) is 47.2 Å². The van der Waals surface area contributed by atoms with Gasteiger partial charge in [-0.2, -0.15) is 0 Å². The number of carbonyl (C=O) groups is 2. The minimum absolute atomic E-state index is 0.112. The monoisotopic (exact) mass is 382 g/mol. The summed E-state index contributed by atoms with van der Waals surface area (Å²) >= 11 is 0. The molecular formula is C23H30N2O3. The van der Waals surface area contributed by atoms with E-state index in [-0.39, 0.29) is 18.4 Å². The molecule has 1 N–H and O–H groups in total. The molecule has 0 aromatic heterocycles. The number of aryl methyl sites for hydroxylation is 3. The van der Waals surface area contributed by atoms with E-state index in [1.54, 1.807) is 11.8 Å². The first-order valence-electron chi connectivity index (χ1n) is 9.65. The molecule has 150 valence electrons. The van der Waals surface area contributed by atoms with E-state index in [2.05, 4.69) is 5.32 Å². The number of amides is 2. The Hall–Kier alpha value is -2.82. The molecule has 0 heterocycles.